The minimum Gasteiger partial charge on any atom is -0.370 e. The van der Waals surface area contributed by atoms with E-state index in [1.54, 1.807) is 6.07 Å². The van der Waals surface area contributed by atoms with Gasteiger partial charge in [0.1, 0.15) is 0 Å². The third kappa shape index (κ3) is 5.34. The lowest BCUT2D eigenvalue weighted by molar-refractivity contribution is 0.0518. The molecule has 7 nitrogen and oxygen atoms in total. The Bertz CT molecular complexity index is 675. The van der Waals surface area contributed by atoms with Gasteiger partial charge in [-0.25, -0.2) is 4.99 Å². The van der Waals surface area contributed by atoms with Crippen molar-refractivity contribution in [2.24, 2.45) is 16.5 Å². The largest absolute Gasteiger partial charge is 0.370 e. The molecule has 3 rings (SSSR count). The number of hydrogen-bond acceptors (Lipinski definition) is 4. The van der Waals surface area contributed by atoms with Gasteiger partial charge in [-0.15, -0.1) is 12.4 Å². The maximum absolute atomic E-state index is 12.8. The van der Waals surface area contributed by atoms with Gasteiger partial charge in [-0.3, -0.25) is 9.69 Å². The van der Waals surface area contributed by atoms with Crippen LogP contribution in [0.2, 0.25) is 0 Å². The number of aliphatic imine (C=N–C) groups is 1. The summed E-state index contributed by atoms with van der Waals surface area (Å²) in [6, 6.07) is 6.10. The van der Waals surface area contributed by atoms with Crippen LogP contribution in [0, 0.1) is 6.92 Å². The number of nitrogens with two attached hydrogens (primary N) is 2. The van der Waals surface area contributed by atoms with E-state index < -0.39 is 0 Å². The summed E-state index contributed by atoms with van der Waals surface area (Å²) in [5.74, 6) is 0.124. The first-order valence-corrected chi connectivity index (χ1v) is 9.36. The number of piperidine rings is 1. The SMILES string of the molecule is Cc1cc(C(=O)N2CCC(N3CCN(C)CC3)CC2)ccc1N=C(N)N.Cl. The average molecular weight is 395 g/mol. The quantitative estimate of drug-likeness (QED) is 0.593. The van der Waals surface area contributed by atoms with Crippen molar-refractivity contribution in [2.75, 3.05) is 46.3 Å². The molecule has 0 unspecified atom stereocenters. The van der Waals surface area contributed by atoms with E-state index in [4.69, 9.17) is 11.5 Å². The normalized spacial score (nSPS) is 19.4. The molecular formula is C19H31ClN6O. The molecular weight excluding hydrogens is 364 g/mol. The topological polar surface area (TPSA) is 91.2 Å². The Kier molecular flexibility index (Phi) is 7.47. The second-order valence-corrected chi connectivity index (χ2v) is 7.40. The predicted octanol–water partition coefficient (Wildman–Crippen LogP) is 1.17. The number of benzene rings is 1. The van der Waals surface area contributed by atoms with E-state index in [0.29, 0.717) is 17.3 Å². The fraction of sp³-hybridized carbons (Fsp3) is 0.579. The molecule has 27 heavy (non-hydrogen) atoms. The summed E-state index contributed by atoms with van der Waals surface area (Å²) < 4.78 is 0. The molecule has 0 bridgehead atoms. The van der Waals surface area contributed by atoms with E-state index in [0.717, 1.165) is 57.7 Å². The molecule has 0 aromatic heterocycles. The summed E-state index contributed by atoms with van der Waals surface area (Å²) in [6.45, 7) is 8.12. The number of halogens is 1. The monoisotopic (exact) mass is 394 g/mol. The molecule has 2 aliphatic heterocycles. The Morgan fingerprint density at radius 1 is 1.07 bits per heavy atom. The number of aryl methyl sites for hydroxylation is 1. The molecule has 2 fully saturated rings. The Hall–Kier alpha value is -1.83. The molecule has 1 amide bonds. The van der Waals surface area contributed by atoms with E-state index in [-0.39, 0.29) is 24.3 Å². The van der Waals surface area contributed by atoms with Crippen LogP contribution in [-0.4, -0.2) is 78.9 Å². The Morgan fingerprint density at radius 3 is 2.26 bits per heavy atom. The minimum absolute atomic E-state index is 0. The third-order valence-electron chi connectivity index (χ3n) is 5.50. The number of rotatable bonds is 3. The summed E-state index contributed by atoms with van der Waals surface area (Å²) in [5.41, 5.74) is 13.2. The van der Waals surface area contributed by atoms with Gasteiger partial charge < -0.3 is 21.3 Å². The first-order valence-electron chi connectivity index (χ1n) is 9.36. The van der Waals surface area contributed by atoms with Crippen LogP contribution in [0.25, 0.3) is 0 Å². The van der Waals surface area contributed by atoms with Crippen molar-refractivity contribution in [3.05, 3.63) is 29.3 Å². The summed E-state index contributed by atoms with van der Waals surface area (Å²) >= 11 is 0. The van der Waals surface area contributed by atoms with Crippen molar-refractivity contribution in [3.63, 3.8) is 0 Å². The smallest absolute Gasteiger partial charge is 0.253 e. The van der Waals surface area contributed by atoms with E-state index in [1.165, 1.54) is 0 Å². The fourth-order valence-electron chi connectivity index (χ4n) is 3.86. The molecule has 2 saturated heterocycles. The lowest BCUT2D eigenvalue weighted by Gasteiger charge is -2.42. The Morgan fingerprint density at radius 2 is 1.70 bits per heavy atom. The van der Waals surface area contributed by atoms with Crippen molar-refractivity contribution in [3.8, 4) is 0 Å². The van der Waals surface area contributed by atoms with Gasteiger partial charge in [0.05, 0.1) is 5.69 Å². The van der Waals surface area contributed by atoms with Crippen LogP contribution in [0.3, 0.4) is 0 Å². The highest BCUT2D eigenvalue weighted by Crippen LogP contribution is 2.23. The number of carbonyl (C=O) groups excluding carboxylic acids is 1. The van der Waals surface area contributed by atoms with Crippen LogP contribution in [0.1, 0.15) is 28.8 Å². The highest BCUT2D eigenvalue weighted by Gasteiger charge is 2.28. The lowest BCUT2D eigenvalue weighted by atomic mass is 10.0. The molecule has 0 saturated carbocycles. The van der Waals surface area contributed by atoms with E-state index >= 15 is 0 Å². The summed E-state index contributed by atoms with van der Waals surface area (Å²) in [4.78, 5) is 23.9. The average Bonchev–Trinajstić information content (AvgIpc) is 2.63. The second kappa shape index (κ2) is 9.39. The van der Waals surface area contributed by atoms with Crippen molar-refractivity contribution in [2.45, 2.75) is 25.8 Å². The number of hydrogen-bond donors (Lipinski definition) is 2. The van der Waals surface area contributed by atoms with Crippen molar-refractivity contribution >= 4 is 30.0 Å². The molecule has 2 aliphatic rings. The van der Waals surface area contributed by atoms with Gasteiger partial charge in [0.2, 0.25) is 0 Å². The third-order valence-corrected chi connectivity index (χ3v) is 5.50. The van der Waals surface area contributed by atoms with Crippen LogP contribution in [0.15, 0.2) is 23.2 Å². The van der Waals surface area contributed by atoms with Crippen LogP contribution < -0.4 is 11.5 Å². The van der Waals surface area contributed by atoms with Crippen LogP contribution in [0.5, 0.6) is 0 Å². The maximum Gasteiger partial charge on any atom is 0.253 e. The first kappa shape index (κ1) is 21.5. The van der Waals surface area contributed by atoms with Gasteiger partial charge in [-0.05, 0) is 50.6 Å². The fourth-order valence-corrected chi connectivity index (χ4v) is 3.86. The van der Waals surface area contributed by atoms with Crippen LogP contribution in [-0.2, 0) is 0 Å². The van der Waals surface area contributed by atoms with Crippen LogP contribution >= 0.6 is 12.4 Å². The van der Waals surface area contributed by atoms with Gasteiger partial charge in [-0.1, -0.05) is 0 Å². The Balaban J connectivity index is 0.00000261. The molecule has 2 heterocycles. The zero-order valence-electron chi connectivity index (χ0n) is 16.2. The maximum atomic E-state index is 12.8. The minimum atomic E-state index is 0. The molecule has 1 aromatic rings. The summed E-state index contributed by atoms with van der Waals surface area (Å²) in [5, 5.41) is 0. The number of nitrogens with zero attached hydrogens (tertiary/aromatic N) is 4. The second-order valence-electron chi connectivity index (χ2n) is 7.40. The molecule has 150 valence electrons. The standard InChI is InChI=1S/C19H30N6O.ClH/c1-14-13-15(3-4-17(14)22-19(20)21)18(26)25-7-5-16(6-8-25)24-11-9-23(2)10-12-24;/h3-4,13,16H,5-12H2,1-2H3,(H4,20,21,22);1H. The molecule has 0 spiro atoms. The van der Waals surface area contributed by atoms with E-state index in [9.17, 15) is 4.79 Å². The molecule has 0 aliphatic carbocycles. The number of likely N-dealkylation sites (tertiary alicyclic amines) is 1. The van der Waals surface area contributed by atoms with Gasteiger partial charge in [0, 0.05) is 50.9 Å². The number of guanidine groups is 1. The van der Waals surface area contributed by atoms with Crippen molar-refractivity contribution in [1.82, 2.24) is 14.7 Å². The summed E-state index contributed by atoms with van der Waals surface area (Å²) in [6.07, 6.45) is 2.11. The summed E-state index contributed by atoms with van der Waals surface area (Å²) in [7, 11) is 2.18. The van der Waals surface area contributed by atoms with Gasteiger partial charge in [-0.2, -0.15) is 0 Å². The zero-order chi connectivity index (χ0) is 18.7. The molecule has 0 radical (unpaired) electrons. The molecule has 8 heteroatoms. The van der Waals surface area contributed by atoms with Gasteiger partial charge in [0.15, 0.2) is 5.96 Å². The molecule has 1 aromatic carbocycles. The number of amides is 1. The van der Waals surface area contributed by atoms with Crippen molar-refractivity contribution < 1.29 is 4.79 Å². The van der Waals surface area contributed by atoms with E-state index in [2.05, 4.69) is 21.8 Å². The van der Waals surface area contributed by atoms with Crippen molar-refractivity contribution in [1.29, 1.82) is 0 Å². The van der Waals surface area contributed by atoms with Gasteiger partial charge in [0.25, 0.3) is 5.91 Å². The zero-order valence-corrected chi connectivity index (χ0v) is 17.0. The van der Waals surface area contributed by atoms with E-state index in [1.807, 2.05) is 24.0 Å². The highest BCUT2D eigenvalue weighted by atomic mass is 35.5. The first-order chi connectivity index (χ1) is 12.4. The number of carbonyl (C=O) groups is 1. The lowest BCUT2D eigenvalue weighted by Crippen LogP contribution is -2.52. The predicted molar refractivity (Wildman–Crippen MR) is 112 cm³/mol. The number of piperazine rings is 1. The Labute approximate surface area is 167 Å². The highest BCUT2D eigenvalue weighted by molar-refractivity contribution is 5.95. The van der Waals surface area contributed by atoms with Crippen LogP contribution in [0.4, 0.5) is 5.69 Å². The molecule has 4 N–H and O–H groups in total. The molecule has 0 atom stereocenters. The van der Waals surface area contributed by atoms with Gasteiger partial charge >= 0.3 is 0 Å². The number of likely N-dealkylation sites (N-methyl/N-ethyl adjacent to an activating group) is 1.